The number of carbonyl (C=O) groups is 1. The fourth-order valence-corrected chi connectivity index (χ4v) is 4.06. The van der Waals surface area contributed by atoms with Crippen molar-refractivity contribution in [2.45, 2.75) is 75.8 Å². The number of nitrogens with zero attached hydrogens (tertiary/aromatic N) is 1. The molecular weight excluding hydrogens is 262 g/mol. The molecule has 0 aliphatic heterocycles. The Morgan fingerprint density at radius 2 is 1.81 bits per heavy atom. The third-order valence-corrected chi connectivity index (χ3v) is 5.76. The number of hydrogen-bond donors (Lipinski definition) is 2. The zero-order valence-electron chi connectivity index (χ0n) is 13.9. The van der Waals surface area contributed by atoms with Crippen LogP contribution in [-0.2, 0) is 4.79 Å². The van der Waals surface area contributed by atoms with E-state index in [1.54, 1.807) is 0 Å². The first-order valence-corrected chi connectivity index (χ1v) is 8.73. The molecular formula is C17H33N3O. The van der Waals surface area contributed by atoms with Gasteiger partial charge < -0.3 is 16.0 Å². The lowest BCUT2D eigenvalue weighted by Gasteiger charge is -2.39. The summed E-state index contributed by atoms with van der Waals surface area (Å²) in [6.45, 7) is 0.792. The van der Waals surface area contributed by atoms with E-state index >= 15 is 0 Å². The van der Waals surface area contributed by atoms with Crippen molar-refractivity contribution in [3.8, 4) is 0 Å². The lowest BCUT2D eigenvalue weighted by Crippen LogP contribution is -2.52. The first-order valence-electron chi connectivity index (χ1n) is 8.73. The van der Waals surface area contributed by atoms with Gasteiger partial charge in [0, 0.05) is 24.5 Å². The Morgan fingerprint density at radius 3 is 2.33 bits per heavy atom. The van der Waals surface area contributed by atoms with Crippen molar-refractivity contribution in [1.29, 1.82) is 0 Å². The summed E-state index contributed by atoms with van der Waals surface area (Å²) < 4.78 is 0. The van der Waals surface area contributed by atoms with Crippen LogP contribution in [0.25, 0.3) is 0 Å². The van der Waals surface area contributed by atoms with Crippen molar-refractivity contribution in [1.82, 2.24) is 10.2 Å². The van der Waals surface area contributed by atoms with Gasteiger partial charge in [-0.05, 0) is 45.7 Å². The van der Waals surface area contributed by atoms with Gasteiger partial charge in [0.15, 0.2) is 0 Å². The highest BCUT2D eigenvalue weighted by Crippen LogP contribution is 2.31. The quantitative estimate of drug-likeness (QED) is 0.765. The highest BCUT2D eigenvalue weighted by Gasteiger charge is 2.34. The van der Waals surface area contributed by atoms with Crippen LogP contribution in [0, 0.1) is 5.92 Å². The maximum absolute atomic E-state index is 12.3. The topological polar surface area (TPSA) is 58.4 Å². The van der Waals surface area contributed by atoms with Gasteiger partial charge in [-0.3, -0.25) is 4.79 Å². The van der Waals surface area contributed by atoms with Crippen LogP contribution < -0.4 is 11.1 Å². The molecule has 2 aliphatic carbocycles. The second kappa shape index (κ2) is 7.59. The largest absolute Gasteiger partial charge is 0.354 e. The van der Waals surface area contributed by atoms with Gasteiger partial charge in [0.1, 0.15) is 0 Å². The van der Waals surface area contributed by atoms with Crippen molar-refractivity contribution >= 4 is 5.91 Å². The molecule has 2 aliphatic rings. The minimum absolute atomic E-state index is 0.157. The number of hydrogen-bond acceptors (Lipinski definition) is 3. The number of likely N-dealkylation sites (N-methyl/N-ethyl adjacent to an activating group) is 1. The van der Waals surface area contributed by atoms with Crippen molar-refractivity contribution in [2.75, 3.05) is 20.6 Å². The van der Waals surface area contributed by atoms with Crippen LogP contribution in [0.15, 0.2) is 0 Å². The number of nitrogens with one attached hydrogen (secondary N) is 1. The third kappa shape index (κ3) is 4.43. The molecule has 4 heteroatoms. The van der Waals surface area contributed by atoms with Crippen molar-refractivity contribution in [2.24, 2.45) is 11.7 Å². The SMILES string of the molecule is CN(C)C1(CNC(=O)C[C@@H]2CCC[C@H]2N)CCCCCC1. The van der Waals surface area contributed by atoms with Crippen molar-refractivity contribution in [3.05, 3.63) is 0 Å². The minimum Gasteiger partial charge on any atom is -0.354 e. The molecule has 4 nitrogen and oxygen atoms in total. The average molecular weight is 295 g/mol. The lowest BCUT2D eigenvalue weighted by molar-refractivity contribution is -0.122. The summed E-state index contributed by atoms with van der Waals surface area (Å²) in [7, 11) is 4.31. The Kier molecular flexibility index (Phi) is 6.06. The molecule has 3 N–H and O–H groups in total. The average Bonchev–Trinajstić information content (AvgIpc) is 2.72. The van der Waals surface area contributed by atoms with E-state index in [0.717, 1.165) is 19.4 Å². The molecule has 1 amide bonds. The van der Waals surface area contributed by atoms with Crippen LogP contribution in [0.5, 0.6) is 0 Å². The summed E-state index contributed by atoms with van der Waals surface area (Å²) in [4.78, 5) is 14.6. The highest BCUT2D eigenvalue weighted by atomic mass is 16.1. The van der Waals surface area contributed by atoms with Gasteiger partial charge in [0.05, 0.1) is 0 Å². The molecule has 0 aromatic heterocycles. The predicted molar refractivity (Wildman–Crippen MR) is 87.1 cm³/mol. The van der Waals surface area contributed by atoms with E-state index in [1.165, 1.54) is 44.9 Å². The van der Waals surface area contributed by atoms with Crippen LogP contribution in [0.2, 0.25) is 0 Å². The summed E-state index contributed by atoms with van der Waals surface area (Å²) >= 11 is 0. The van der Waals surface area contributed by atoms with E-state index in [0.29, 0.717) is 12.3 Å². The van der Waals surface area contributed by atoms with Crippen LogP contribution in [0.4, 0.5) is 0 Å². The molecule has 0 spiro atoms. The van der Waals surface area contributed by atoms with Gasteiger partial charge in [-0.1, -0.05) is 32.1 Å². The predicted octanol–water partition coefficient (Wildman–Crippen LogP) is 2.27. The molecule has 0 bridgehead atoms. The lowest BCUT2D eigenvalue weighted by atomic mass is 9.88. The van der Waals surface area contributed by atoms with E-state index in [4.69, 9.17) is 5.73 Å². The minimum atomic E-state index is 0.157. The molecule has 21 heavy (non-hydrogen) atoms. The van der Waals surface area contributed by atoms with Crippen molar-refractivity contribution in [3.63, 3.8) is 0 Å². The molecule has 2 saturated carbocycles. The van der Waals surface area contributed by atoms with E-state index < -0.39 is 0 Å². The van der Waals surface area contributed by atoms with Gasteiger partial charge in [-0.25, -0.2) is 0 Å². The van der Waals surface area contributed by atoms with E-state index in [9.17, 15) is 4.79 Å². The Balaban J connectivity index is 1.84. The van der Waals surface area contributed by atoms with Crippen molar-refractivity contribution < 1.29 is 4.79 Å². The number of carbonyl (C=O) groups excluding carboxylic acids is 1. The summed E-state index contributed by atoms with van der Waals surface area (Å²) in [5.41, 5.74) is 6.23. The molecule has 0 unspecified atom stereocenters. The summed E-state index contributed by atoms with van der Waals surface area (Å²) in [6, 6.07) is 0.233. The van der Waals surface area contributed by atoms with Crippen LogP contribution in [0.3, 0.4) is 0 Å². The Morgan fingerprint density at radius 1 is 1.14 bits per heavy atom. The van der Waals surface area contributed by atoms with E-state index in [2.05, 4.69) is 24.3 Å². The smallest absolute Gasteiger partial charge is 0.220 e. The molecule has 2 rings (SSSR count). The highest BCUT2D eigenvalue weighted by molar-refractivity contribution is 5.76. The first kappa shape index (κ1) is 16.8. The maximum Gasteiger partial charge on any atom is 0.220 e. The zero-order chi connectivity index (χ0) is 15.3. The third-order valence-electron chi connectivity index (χ3n) is 5.76. The molecule has 0 heterocycles. The van der Waals surface area contributed by atoms with Gasteiger partial charge >= 0.3 is 0 Å². The number of amides is 1. The van der Waals surface area contributed by atoms with Crippen LogP contribution >= 0.6 is 0 Å². The summed E-state index contributed by atoms with van der Waals surface area (Å²) in [5.74, 6) is 0.595. The van der Waals surface area contributed by atoms with Crippen LogP contribution in [-0.4, -0.2) is 43.0 Å². The fourth-order valence-electron chi connectivity index (χ4n) is 4.06. The fraction of sp³-hybridized carbons (Fsp3) is 0.941. The summed E-state index contributed by atoms with van der Waals surface area (Å²) in [5, 5.41) is 3.21. The van der Waals surface area contributed by atoms with Gasteiger partial charge in [-0.15, -0.1) is 0 Å². The molecule has 0 saturated heterocycles. The standard InChI is InChI=1S/C17H33N3O/c1-20(2)17(10-5-3-4-6-11-17)13-19-16(21)12-14-8-7-9-15(14)18/h14-15H,3-13,18H2,1-2H3,(H,19,21)/t14-,15+/m0/s1. The number of nitrogens with two attached hydrogens (primary N) is 1. The Labute approximate surface area is 129 Å². The monoisotopic (exact) mass is 295 g/mol. The van der Waals surface area contributed by atoms with Gasteiger partial charge in [0.25, 0.3) is 0 Å². The van der Waals surface area contributed by atoms with Gasteiger partial charge in [-0.2, -0.15) is 0 Å². The molecule has 0 radical (unpaired) electrons. The first-order chi connectivity index (χ1) is 10.0. The van der Waals surface area contributed by atoms with E-state index in [-0.39, 0.29) is 17.5 Å². The molecule has 2 fully saturated rings. The maximum atomic E-state index is 12.3. The van der Waals surface area contributed by atoms with Gasteiger partial charge in [0.2, 0.25) is 5.91 Å². The Hall–Kier alpha value is -0.610. The molecule has 122 valence electrons. The second-order valence-electron chi connectivity index (χ2n) is 7.37. The Bertz CT molecular complexity index is 335. The number of rotatable bonds is 5. The second-order valence-corrected chi connectivity index (χ2v) is 7.37. The van der Waals surface area contributed by atoms with E-state index in [1.807, 2.05) is 0 Å². The zero-order valence-corrected chi connectivity index (χ0v) is 13.9. The normalized spacial score (nSPS) is 29.3. The molecule has 0 aromatic carbocycles. The molecule has 0 aromatic rings. The summed E-state index contributed by atoms with van der Waals surface area (Å²) in [6.07, 6.45) is 11.6. The molecule has 2 atom stereocenters. The van der Waals surface area contributed by atoms with Crippen LogP contribution in [0.1, 0.15) is 64.2 Å².